The Kier molecular flexibility index (Phi) is 4.37. The molecule has 0 bridgehead atoms. The van der Waals surface area contributed by atoms with E-state index >= 15 is 0 Å². The van der Waals surface area contributed by atoms with E-state index in [1.807, 2.05) is 13.0 Å². The summed E-state index contributed by atoms with van der Waals surface area (Å²) in [6.45, 7) is 4.07. The molecule has 0 fully saturated rings. The molecule has 14 heavy (non-hydrogen) atoms. The lowest BCUT2D eigenvalue weighted by Gasteiger charge is -2.08. The molecule has 4 heteroatoms. The normalized spacial score (nSPS) is 10.0. The van der Waals surface area contributed by atoms with Crippen LogP contribution in [0.3, 0.4) is 0 Å². The predicted molar refractivity (Wildman–Crippen MR) is 68.0 cm³/mol. The molecule has 0 aliphatic rings. The van der Waals surface area contributed by atoms with Gasteiger partial charge >= 0.3 is 0 Å². The van der Waals surface area contributed by atoms with Gasteiger partial charge in [-0.1, -0.05) is 15.9 Å². The fraction of sp³-hybridized carbons (Fsp3) is 0.300. The van der Waals surface area contributed by atoms with Crippen LogP contribution in [0.15, 0.2) is 16.6 Å². The first-order valence-corrected chi connectivity index (χ1v) is 6.06. The third-order valence-electron chi connectivity index (χ3n) is 1.70. The summed E-state index contributed by atoms with van der Waals surface area (Å²) in [6, 6.07) is 3.67. The molecule has 1 rings (SSSR count). The average Bonchev–Trinajstić information content (AvgIpc) is 2.09. The Balaban J connectivity index is 3.20. The second-order valence-electron chi connectivity index (χ2n) is 2.75. The van der Waals surface area contributed by atoms with E-state index < -0.39 is 0 Å². The van der Waals surface area contributed by atoms with Crippen LogP contribution in [0, 0.1) is 3.57 Å². The van der Waals surface area contributed by atoms with Crippen molar-refractivity contribution in [1.82, 2.24) is 0 Å². The summed E-state index contributed by atoms with van der Waals surface area (Å²) < 4.78 is 7.22. The number of hydrogen-bond acceptors (Lipinski definition) is 2. The smallest absolute Gasteiger partial charge is 0.161 e. The SMILES string of the molecule is CCOc1cc(C(C)=O)c(Br)cc1I. The molecule has 1 aromatic carbocycles. The summed E-state index contributed by atoms with van der Waals surface area (Å²) in [7, 11) is 0. The minimum absolute atomic E-state index is 0.0363. The number of rotatable bonds is 3. The van der Waals surface area contributed by atoms with Crippen molar-refractivity contribution in [3.8, 4) is 5.75 Å². The first kappa shape index (κ1) is 12.0. The van der Waals surface area contributed by atoms with E-state index in [1.54, 1.807) is 13.0 Å². The number of hydrogen-bond donors (Lipinski definition) is 0. The van der Waals surface area contributed by atoms with E-state index in [0.717, 1.165) is 13.8 Å². The molecule has 0 saturated carbocycles. The molecular formula is C10H10BrIO2. The minimum atomic E-state index is 0.0363. The quantitative estimate of drug-likeness (QED) is 0.601. The molecule has 76 valence electrons. The van der Waals surface area contributed by atoms with Gasteiger partial charge in [0, 0.05) is 10.0 Å². The molecule has 2 nitrogen and oxygen atoms in total. The van der Waals surface area contributed by atoms with E-state index in [1.165, 1.54) is 0 Å². The monoisotopic (exact) mass is 368 g/mol. The second kappa shape index (κ2) is 5.11. The molecule has 0 heterocycles. The van der Waals surface area contributed by atoms with Gasteiger partial charge in [0.25, 0.3) is 0 Å². The Labute approximate surface area is 105 Å². The Hall–Kier alpha value is -0.100. The zero-order chi connectivity index (χ0) is 10.7. The summed E-state index contributed by atoms with van der Waals surface area (Å²) in [5, 5.41) is 0. The van der Waals surface area contributed by atoms with Gasteiger partial charge in [0.1, 0.15) is 5.75 Å². The van der Waals surface area contributed by atoms with E-state index in [0.29, 0.717) is 12.2 Å². The maximum Gasteiger partial charge on any atom is 0.161 e. The van der Waals surface area contributed by atoms with Gasteiger partial charge in [0.2, 0.25) is 0 Å². The van der Waals surface area contributed by atoms with Crippen molar-refractivity contribution >= 4 is 44.3 Å². The molecule has 1 aromatic rings. The van der Waals surface area contributed by atoms with Gasteiger partial charge in [0.15, 0.2) is 5.78 Å². The fourth-order valence-electron chi connectivity index (χ4n) is 1.07. The number of carbonyl (C=O) groups is 1. The highest BCUT2D eigenvalue weighted by molar-refractivity contribution is 14.1. The Morgan fingerprint density at radius 3 is 2.71 bits per heavy atom. The van der Waals surface area contributed by atoms with Crippen LogP contribution in [-0.4, -0.2) is 12.4 Å². The first-order valence-electron chi connectivity index (χ1n) is 4.19. The largest absolute Gasteiger partial charge is 0.493 e. The molecule has 0 amide bonds. The molecule has 0 N–H and O–H groups in total. The van der Waals surface area contributed by atoms with Gasteiger partial charge in [-0.15, -0.1) is 0 Å². The number of halogens is 2. The molecule has 0 saturated heterocycles. The lowest BCUT2D eigenvalue weighted by molar-refractivity contribution is 0.101. The first-order chi connectivity index (χ1) is 6.56. The lowest BCUT2D eigenvalue weighted by Crippen LogP contribution is -1.99. The van der Waals surface area contributed by atoms with E-state index in [2.05, 4.69) is 38.5 Å². The van der Waals surface area contributed by atoms with Crippen LogP contribution < -0.4 is 4.74 Å². The minimum Gasteiger partial charge on any atom is -0.493 e. The summed E-state index contributed by atoms with van der Waals surface area (Å²) in [4.78, 5) is 11.2. The van der Waals surface area contributed by atoms with Gasteiger partial charge in [-0.25, -0.2) is 0 Å². The van der Waals surface area contributed by atoms with Crippen molar-refractivity contribution in [3.63, 3.8) is 0 Å². The van der Waals surface area contributed by atoms with Crippen LogP contribution >= 0.6 is 38.5 Å². The van der Waals surface area contributed by atoms with E-state index in [4.69, 9.17) is 4.74 Å². The van der Waals surface area contributed by atoms with Crippen molar-refractivity contribution in [2.24, 2.45) is 0 Å². The van der Waals surface area contributed by atoms with Crippen LogP contribution in [0.25, 0.3) is 0 Å². The summed E-state index contributed by atoms with van der Waals surface area (Å²) >= 11 is 5.53. The molecule has 0 aliphatic carbocycles. The number of benzene rings is 1. The lowest BCUT2D eigenvalue weighted by atomic mass is 10.1. The summed E-state index contributed by atoms with van der Waals surface area (Å²) in [6.07, 6.45) is 0. The van der Waals surface area contributed by atoms with Crippen molar-refractivity contribution in [2.75, 3.05) is 6.61 Å². The molecule has 0 atom stereocenters. The molecule has 0 aliphatic heterocycles. The maximum atomic E-state index is 11.2. The van der Waals surface area contributed by atoms with Gasteiger partial charge in [-0.05, 0) is 48.6 Å². The topological polar surface area (TPSA) is 26.3 Å². The molecule has 0 unspecified atom stereocenters. The summed E-state index contributed by atoms with van der Waals surface area (Å²) in [5.74, 6) is 0.802. The maximum absolute atomic E-state index is 11.2. The zero-order valence-electron chi connectivity index (χ0n) is 7.93. The van der Waals surface area contributed by atoms with Crippen molar-refractivity contribution in [3.05, 3.63) is 25.7 Å². The van der Waals surface area contributed by atoms with Gasteiger partial charge in [-0.3, -0.25) is 4.79 Å². The van der Waals surface area contributed by atoms with Crippen molar-refractivity contribution in [2.45, 2.75) is 13.8 Å². The highest BCUT2D eigenvalue weighted by Crippen LogP contribution is 2.28. The van der Waals surface area contributed by atoms with Crippen LogP contribution in [0.1, 0.15) is 24.2 Å². The Bertz CT molecular complexity index is 363. The zero-order valence-corrected chi connectivity index (χ0v) is 11.7. The third-order valence-corrected chi connectivity index (χ3v) is 3.20. The Morgan fingerprint density at radius 2 is 2.21 bits per heavy atom. The van der Waals surface area contributed by atoms with E-state index in [-0.39, 0.29) is 5.78 Å². The number of ketones is 1. The Morgan fingerprint density at radius 1 is 1.57 bits per heavy atom. The van der Waals surface area contributed by atoms with Crippen LogP contribution in [0.4, 0.5) is 0 Å². The molecule has 0 radical (unpaired) electrons. The molecule has 0 aromatic heterocycles. The third kappa shape index (κ3) is 2.70. The average molecular weight is 369 g/mol. The van der Waals surface area contributed by atoms with Crippen LogP contribution in [-0.2, 0) is 0 Å². The van der Waals surface area contributed by atoms with Gasteiger partial charge in [-0.2, -0.15) is 0 Å². The number of Topliss-reactive ketones (excluding diaryl/α,β-unsaturated/α-hetero) is 1. The van der Waals surface area contributed by atoms with Crippen molar-refractivity contribution < 1.29 is 9.53 Å². The highest BCUT2D eigenvalue weighted by Gasteiger charge is 2.10. The van der Waals surface area contributed by atoms with Crippen LogP contribution in [0.2, 0.25) is 0 Å². The molecule has 0 spiro atoms. The van der Waals surface area contributed by atoms with Crippen molar-refractivity contribution in [1.29, 1.82) is 0 Å². The predicted octanol–water partition coefficient (Wildman–Crippen LogP) is 3.66. The van der Waals surface area contributed by atoms with Gasteiger partial charge in [0.05, 0.1) is 10.2 Å². The number of carbonyl (C=O) groups excluding carboxylic acids is 1. The van der Waals surface area contributed by atoms with Crippen LogP contribution in [0.5, 0.6) is 5.75 Å². The standard InChI is InChI=1S/C10H10BrIO2/c1-3-14-10-4-7(6(2)13)8(11)5-9(10)12/h4-5H,3H2,1-2H3. The summed E-state index contributed by atoms with van der Waals surface area (Å²) in [5.41, 5.74) is 0.661. The fourth-order valence-corrected chi connectivity index (χ4v) is 2.74. The second-order valence-corrected chi connectivity index (χ2v) is 4.77. The molecular weight excluding hydrogens is 359 g/mol. The number of ether oxygens (including phenoxy) is 1. The highest BCUT2D eigenvalue weighted by atomic mass is 127. The van der Waals surface area contributed by atoms with Gasteiger partial charge < -0.3 is 4.74 Å². The van der Waals surface area contributed by atoms with E-state index in [9.17, 15) is 4.79 Å².